The van der Waals surface area contributed by atoms with Gasteiger partial charge in [-0.05, 0) is 0 Å². The Hall–Kier alpha value is 0.279. The number of aliphatic hydroxyl groups is 4. The maximum absolute atomic E-state index is 9.20. The van der Waals surface area contributed by atoms with Crippen LogP contribution in [-0.4, -0.2) is 74.7 Å². The Morgan fingerprint density at radius 2 is 1.69 bits per heavy atom. The molecule has 7 heteroatoms. The molecule has 0 amide bonds. The number of rotatable bonds is 1. The molecular formula is C6H13NO5Se. The second kappa shape index (κ2) is 5.23. The van der Waals surface area contributed by atoms with Gasteiger partial charge < -0.3 is 30.9 Å². The van der Waals surface area contributed by atoms with E-state index in [1.165, 1.54) is 0 Å². The molecule has 6 nitrogen and oxygen atoms in total. The largest absolute Gasteiger partial charge is 0.394 e. The Kier molecular flexibility index (Phi) is 5.34. The van der Waals surface area contributed by atoms with Crippen molar-refractivity contribution in [3.05, 3.63) is 0 Å². The van der Waals surface area contributed by atoms with Gasteiger partial charge in [0, 0.05) is 17.1 Å². The minimum Gasteiger partial charge on any atom is -0.394 e. The van der Waals surface area contributed by atoms with Gasteiger partial charge in [-0.15, -0.1) is 0 Å². The maximum atomic E-state index is 9.20. The third kappa shape index (κ3) is 2.61. The van der Waals surface area contributed by atoms with Crippen LogP contribution in [-0.2, 0) is 4.74 Å². The van der Waals surface area contributed by atoms with E-state index in [1.54, 1.807) is 0 Å². The predicted octanol–water partition coefficient (Wildman–Crippen LogP) is -3.64. The zero-order valence-corrected chi connectivity index (χ0v) is 8.49. The van der Waals surface area contributed by atoms with Crippen LogP contribution >= 0.6 is 0 Å². The first kappa shape index (κ1) is 13.3. The second-order valence-electron chi connectivity index (χ2n) is 2.81. The zero-order valence-electron chi connectivity index (χ0n) is 6.78. The average molecular weight is 258 g/mol. The van der Waals surface area contributed by atoms with Gasteiger partial charge in [-0.2, -0.15) is 0 Å². The van der Waals surface area contributed by atoms with E-state index >= 15 is 0 Å². The molecule has 1 saturated heterocycles. The Labute approximate surface area is 85.8 Å². The Balaban J connectivity index is 0.00000144. The van der Waals surface area contributed by atoms with Crippen molar-refractivity contribution in [2.45, 2.75) is 30.6 Å². The summed E-state index contributed by atoms with van der Waals surface area (Å²) in [4.78, 5) is 0. The fourth-order valence-electron chi connectivity index (χ4n) is 1.12. The molecule has 1 unspecified atom stereocenters. The summed E-state index contributed by atoms with van der Waals surface area (Å²) in [6, 6.07) is -1.04. The standard InChI is InChI=1S/C6H13NO5.Se/c7-3-5(10)4(9)2(1-8)12-6(3)11;/h2-6,8-11H,1,7H2;/t2-,3-,4-,5-,6?;/m1./s1. The van der Waals surface area contributed by atoms with Crippen LogP contribution in [0, 0.1) is 0 Å². The second-order valence-corrected chi connectivity index (χ2v) is 2.81. The predicted molar refractivity (Wildman–Crippen MR) is 43.7 cm³/mol. The average Bonchev–Trinajstić information content (AvgIpc) is 2.08. The summed E-state index contributed by atoms with van der Waals surface area (Å²) in [6.07, 6.45) is -4.85. The molecule has 0 aromatic rings. The monoisotopic (exact) mass is 259 g/mol. The molecule has 78 valence electrons. The van der Waals surface area contributed by atoms with Gasteiger partial charge in [0.1, 0.15) is 18.3 Å². The van der Waals surface area contributed by atoms with Crippen LogP contribution < -0.4 is 5.73 Å². The summed E-state index contributed by atoms with van der Waals surface area (Å²) in [5.41, 5.74) is 5.26. The van der Waals surface area contributed by atoms with E-state index < -0.39 is 37.3 Å². The molecule has 5 atom stereocenters. The van der Waals surface area contributed by atoms with Crippen molar-refractivity contribution < 1.29 is 25.2 Å². The number of aliphatic hydroxyl groups excluding tert-OH is 4. The minimum absolute atomic E-state index is 0. The fourth-order valence-corrected chi connectivity index (χ4v) is 1.12. The molecule has 13 heavy (non-hydrogen) atoms. The Morgan fingerprint density at radius 3 is 2.15 bits per heavy atom. The van der Waals surface area contributed by atoms with Gasteiger partial charge in [0.05, 0.1) is 12.6 Å². The Bertz CT molecular complexity index is 155. The van der Waals surface area contributed by atoms with Crippen LogP contribution in [0.15, 0.2) is 0 Å². The van der Waals surface area contributed by atoms with E-state index in [1.807, 2.05) is 0 Å². The van der Waals surface area contributed by atoms with Crippen molar-refractivity contribution >= 4 is 17.1 Å². The van der Waals surface area contributed by atoms with Gasteiger partial charge >= 0.3 is 0 Å². The first-order chi connectivity index (χ1) is 5.57. The van der Waals surface area contributed by atoms with E-state index in [-0.39, 0.29) is 17.1 Å². The molecule has 1 rings (SSSR count). The molecule has 0 aromatic carbocycles. The van der Waals surface area contributed by atoms with E-state index in [9.17, 15) is 10.2 Å². The molecule has 1 aliphatic rings. The van der Waals surface area contributed by atoms with Crippen LogP contribution in [0.5, 0.6) is 0 Å². The zero-order chi connectivity index (χ0) is 9.30. The number of ether oxygens (including phenoxy) is 1. The van der Waals surface area contributed by atoms with Gasteiger partial charge in [-0.1, -0.05) is 0 Å². The molecule has 0 aliphatic carbocycles. The molecule has 0 bridgehead atoms. The maximum Gasteiger partial charge on any atom is 0.173 e. The first-order valence-electron chi connectivity index (χ1n) is 3.64. The molecule has 1 fully saturated rings. The quantitative estimate of drug-likeness (QED) is 0.310. The van der Waals surface area contributed by atoms with Crippen LogP contribution in [0.1, 0.15) is 0 Å². The molecule has 0 spiro atoms. The van der Waals surface area contributed by atoms with Crippen LogP contribution in [0.2, 0.25) is 0 Å². The summed E-state index contributed by atoms with van der Waals surface area (Å²) in [5, 5.41) is 36.1. The van der Waals surface area contributed by atoms with Gasteiger partial charge in [0.15, 0.2) is 6.29 Å². The van der Waals surface area contributed by atoms with Gasteiger partial charge in [-0.25, -0.2) is 0 Å². The SMILES string of the molecule is N[C@H]1C(O)O[C@H](CO)[C@@H](O)[C@@H]1O.[Se]. The van der Waals surface area contributed by atoms with Crippen LogP contribution in [0.3, 0.4) is 0 Å². The van der Waals surface area contributed by atoms with Gasteiger partial charge in [-0.3, -0.25) is 0 Å². The smallest absolute Gasteiger partial charge is 0.173 e. The van der Waals surface area contributed by atoms with Crippen molar-refractivity contribution in [2.24, 2.45) is 5.73 Å². The summed E-state index contributed by atoms with van der Waals surface area (Å²) in [6.45, 7) is -0.470. The van der Waals surface area contributed by atoms with Gasteiger partial charge in [0.2, 0.25) is 0 Å². The fraction of sp³-hybridized carbons (Fsp3) is 1.00. The van der Waals surface area contributed by atoms with E-state index in [0.29, 0.717) is 0 Å². The molecule has 1 heterocycles. The minimum atomic E-state index is -1.35. The van der Waals surface area contributed by atoms with Crippen LogP contribution in [0.4, 0.5) is 0 Å². The molecule has 2 radical (unpaired) electrons. The molecule has 6 N–H and O–H groups in total. The molecular weight excluding hydrogens is 245 g/mol. The van der Waals surface area contributed by atoms with Crippen molar-refractivity contribution in [3.8, 4) is 0 Å². The third-order valence-electron chi connectivity index (χ3n) is 1.95. The summed E-state index contributed by atoms with van der Waals surface area (Å²) in [5.74, 6) is 0. The topological polar surface area (TPSA) is 116 Å². The molecule has 0 saturated carbocycles. The summed E-state index contributed by atoms with van der Waals surface area (Å²) < 4.78 is 4.70. The van der Waals surface area contributed by atoms with E-state index in [0.717, 1.165) is 0 Å². The van der Waals surface area contributed by atoms with E-state index in [2.05, 4.69) is 0 Å². The van der Waals surface area contributed by atoms with Crippen molar-refractivity contribution in [1.82, 2.24) is 0 Å². The third-order valence-corrected chi connectivity index (χ3v) is 1.95. The first-order valence-corrected chi connectivity index (χ1v) is 3.64. The van der Waals surface area contributed by atoms with E-state index in [4.69, 9.17) is 20.7 Å². The normalized spacial score (nSPS) is 45.5. The number of hydrogen-bond acceptors (Lipinski definition) is 6. The summed E-state index contributed by atoms with van der Waals surface area (Å²) >= 11 is 0. The molecule has 1 aliphatic heterocycles. The van der Waals surface area contributed by atoms with Gasteiger partial charge in [0.25, 0.3) is 0 Å². The Morgan fingerprint density at radius 1 is 1.15 bits per heavy atom. The van der Waals surface area contributed by atoms with Crippen molar-refractivity contribution in [1.29, 1.82) is 0 Å². The number of nitrogens with two attached hydrogens (primary N) is 1. The van der Waals surface area contributed by atoms with Crippen molar-refractivity contribution in [3.63, 3.8) is 0 Å². The number of hydrogen-bond donors (Lipinski definition) is 5. The molecule has 0 aromatic heterocycles. The summed E-state index contributed by atoms with van der Waals surface area (Å²) in [7, 11) is 0. The van der Waals surface area contributed by atoms with Crippen LogP contribution in [0.25, 0.3) is 0 Å². The van der Waals surface area contributed by atoms with Crippen molar-refractivity contribution in [2.75, 3.05) is 6.61 Å².